The molecular weight excluding hydrogens is 204 g/mol. The third kappa shape index (κ3) is 2.41. The van der Waals surface area contributed by atoms with E-state index in [4.69, 9.17) is 0 Å². The molecule has 1 N–H and O–H groups in total. The zero-order valence-corrected chi connectivity index (χ0v) is 9.80. The van der Waals surface area contributed by atoms with Crippen molar-refractivity contribution in [2.24, 2.45) is 4.99 Å². The molecule has 0 bridgehead atoms. The van der Waals surface area contributed by atoms with Crippen molar-refractivity contribution in [2.75, 3.05) is 6.54 Å². The number of nitrogens with zero attached hydrogens (tertiary/aromatic N) is 1. The Labute approximate surface area is 96.4 Å². The van der Waals surface area contributed by atoms with Crippen LogP contribution < -0.4 is 4.72 Å². The number of aliphatic imine (C=N–C) groups is 1. The molecule has 3 heteroatoms. The van der Waals surface area contributed by atoms with Crippen molar-refractivity contribution in [2.45, 2.75) is 25.7 Å². The van der Waals surface area contributed by atoms with Crippen LogP contribution >= 0.6 is 12.8 Å². The first-order valence-electron chi connectivity index (χ1n) is 5.33. The van der Waals surface area contributed by atoms with Gasteiger partial charge in [-0.3, -0.25) is 9.71 Å². The summed E-state index contributed by atoms with van der Waals surface area (Å²) >= 11 is 3.99. The van der Waals surface area contributed by atoms with Crippen molar-refractivity contribution in [3.8, 4) is 0 Å². The standard InChI is InChI=1S/C12H16N2S/c1-9-8-10(6-7-13-15)14-12-5-3-2-4-11(9)12/h2-5,9,13,15H,6-8H2,1H3. The summed E-state index contributed by atoms with van der Waals surface area (Å²) in [5.74, 6) is 0.591. The molecule has 1 unspecified atom stereocenters. The van der Waals surface area contributed by atoms with Gasteiger partial charge in [-0.1, -0.05) is 37.9 Å². The molecule has 0 saturated carbocycles. The first-order chi connectivity index (χ1) is 7.31. The molecule has 0 aromatic heterocycles. The van der Waals surface area contributed by atoms with E-state index in [1.807, 2.05) is 0 Å². The fraction of sp³-hybridized carbons (Fsp3) is 0.417. The topological polar surface area (TPSA) is 24.4 Å². The summed E-state index contributed by atoms with van der Waals surface area (Å²) in [5, 5.41) is 0. The second kappa shape index (κ2) is 4.81. The van der Waals surface area contributed by atoms with Gasteiger partial charge in [-0.2, -0.15) is 0 Å². The number of para-hydroxylation sites is 1. The van der Waals surface area contributed by atoms with Gasteiger partial charge in [-0.25, -0.2) is 0 Å². The highest BCUT2D eigenvalue weighted by Crippen LogP contribution is 2.34. The summed E-state index contributed by atoms with van der Waals surface area (Å²) < 4.78 is 2.87. The smallest absolute Gasteiger partial charge is 0.0663 e. The Bertz CT molecular complexity index is 374. The summed E-state index contributed by atoms with van der Waals surface area (Å²) in [6.45, 7) is 3.15. The maximum Gasteiger partial charge on any atom is 0.0663 e. The Morgan fingerprint density at radius 3 is 3.07 bits per heavy atom. The van der Waals surface area contributed by atoms with E-state index in [2.05, 4.69) is 53.7 Å². The van der Waals surface area contributed by atoms with Gasteiger partial charge in [-0.15, -0.1) is 0 Å². The number of rotatable bonds is 3. The SMILES string of the molecule is CC1CC(CCNS)=Nc2ccccc21. The molecule has 0 amide bonds. The summed E-state index contributed by atoms with van der Waals surface area (Å²) in [4.78, 5) is 4.68. The lowest BCUT2D eigenvalue weighted by molar-refractivity contribution is 0.772. The molecule has 1 aliphatic rings. The summed E-state index contributed by atoms with van der Waals surface area (Å²) in [5.41, 5.74) is 3.80. The van der Waals surface area contributed by atoms with Crippen LogP contribution in [-0.4, -0.2) is 12.3 Å². The maximum atomic E-state index is 4.68. The minimum atomic E-state index is 0.591. The maximum absolute atomic E-state index is 4.68. The molecule has 80 valence electrons. The Kier molecular flexibility index (Phi) is 3.44. The molecule has 0 aliphatic carbocycles. The number of thiol groups is 1. The Morgan fingerprint density at radius 1 is 1.47 bits per heavy atom. The molecule has 1 atom stereocenters. The molecule has 0 saturated heterocycles. The van der Waals surface area contributed by atoms with Crippen molar-refractivity contribution in [1.82, 2.24) is 4.72 Å². The van der Waals surface area contributed by atoms with Crippen LogP contribution in [0, 0.1) is 0 Å². The monoisotopic (exact) mass is 220 g/mol. The van der Waals surface area contributed by atoms with Crippen LogP contribution in [0.1, 0.15) is 31.2 Å². The van der Waals surface area contributed by atoms with Crippen molar-refractivity contribution in [1.29, 1.82) is 0 Å². The first kappa shape index (κ1) is 10.7. The highest BCUT2D eigenvalue weighted by Gasteiger charge is 2.17. The van der Waals surface area contributed by atoms with E-state index in [0.29, 0.717) is 5.92 Å². The summed E-state index contributed by atoms with van der Waals surface area (Å²) in [7, 11) is 0. The average molecular weight is 220 g/mol. The van der Waals surface area contributed by atoms with Crippen LogP contribution in [0.3, 0.4) is 0 Å². The normalized spacial score (nSPS) is 19.6. The molecule has 15 heavy (non-hydrogen) atoms. The van der Waals surface area contributed by atoms with Crippen molar-refractivity contribution >= 4 is 24.2 Å². The second-order valence-electron chi connectivity index (χ2n) is 4.00. The molecule has 0 fully saturated rings. The van der Waals surface area contributed by atoms with E-state index >= 15 is 0 Å². The molecule has 0 radical (unpaired) electrons. The van der Waals surface area contributed by atoms with Gasteiger partial charge in [0.05, 0.1) is 5.69 Å². The van der Waals surface area contributed by atoms with Crippen molar-refractivity contribution in [3.05, 3.63) is 29.8 Å². The summed E-state index contributed by atoms with van der Waals surface area (Å²) in [6.07, 6.45) is 2.06. The molecule has 0 spiro atoms. The van der Waals surface area contributed by atoms with Crippen LogP contribution in [0.4, 0.5) is 5.69 Å². The van der Waals surface area contributed by atoms with Crippen LogP contribution in [0.2, 0.25) is 0 Å². The van der Waals surface area contributed by atoms with Crippen molar-refractivity contribution < 1.29 is 0 Å². The lowest BCUT2D eigenvalue weighted by Crippen LogP contribution is -2.14. The van der Waals surface area contributed by atoms with E-state index in [9.17, 15) is 0 Å². The van der Waals surface area contributed by atoms with Gasteiger partial charge in [-0.05, 0) is 30.4 Å². The van der Waals surface area contributed by atoms with Gasteiger partial charge < -0.3 is 0 Å². The predicted molar refractivity (Wildman–Crippen MR) is 68.2 cm³/mol. The minimum Gasteiger partial charge on any atom is -0.266 e. The Hall–Kier alpha value is -0.800. The molecular formula is C12H16N2S. The molecule has 2 nitrogen and oxygen atoms in total. The number of fused-ring (bicyclic) bond motifs is 1. The van der Waals surface area contributed by atoms with E-state index in [1.54, 1.807) is 0 Å². The largest absolute Gasteiger partial charge is 0.266 e. The number of nitrogens with one attached hydrogen (secondary N) is 1. The molecule has 1 aromatic rings. The third-order valence-corrected chi connectivity index (χ3v) is 3.04. The number of hydrogen-bond donors (Lipinski definition) is 2. The van der Waals surface area contributed by atoms with Crippen LogP contribution in [0.25, 0.3) is 0 Å². The highest BCUT2D eigenvalue weighted by molar-refractivity contribution is 7.78. The quantitative estimate of drug-likeness (QED) is 0.752. The van der Waals surface area contributed by atoms with Gasteiger partial charge >= 0.3 is 0 Å². The zero-order valence-electron chi connectivity index (χ0n) is 8.90. The number of hydrogen-bond acceptors (Lipinski definition) is 3. The van der Waals surface area contributed by atoms with Crippen LogP contribution in [0.5, 0.6) is 0 Å². The van der Waals surface area contributed by atoms with Crippen LogP contribution in [-0.2, 0) is 0 Å². The van der Waals surface area contributed by atoms with E-state index in [-0.39, 0.29) is 0 Å². The van der Waals surface area contributed by atoms with Gasteiger partial charge in [0.1, 0.15) is 0 Å². The van der Waals surface area contributed by atoms with Gasteiger partial charge in [0.15, 0.2) is 0 Å². The summed E-state index contributed by atoms with van der Waals surface area (Å²) in [6, 6.07) is 8.41. The van der Waals surface area contributed by atoms with Crippen LogP contribution in [0.15, 0.2) is 29.3 Å². The van der Waals surface area contributed by atoms with Gasteiger partial charge in [0, 0.05) is 12.3 Å². The molecule has 1 aliphatic heterocycles. The lowest BCUT2D eigenvalue weighted by atomic mass is 9.90. The zero-order chi connectivity index (χ0) is 10.7. The van der Waals surface area contributed by atoms with Gasteiger partial charge in [0.2, 0.25) is 0 Å². The van der Waals surface area contributed by atoms with Gasteiger partial charge in [0.25, 0.3) is 0 Å². The lowest BCUT2D eigenvalue weighted by Gasteiger charge is -2.21. The van der Waals surface area contributed by atoms with E-state index < -0.39 is 0 Å². The van der Waals surface area contributed by atoms with E-state index in [1.165, 1.54) is 11.3 Å². The molecule has 1 heterocycles. The van der Waals surface area contributed by atoms with Crippen molar-refractivity contribution in [3.63, 3.8) is 0 Å². The Morgan fingerprint density at radius 2 is 2.27 bits per heavy atom. The average Bonchev–Trinajstić information content (AvgIpc) is 2.26. The molecule has 2 rings (SSSR count). The number of benzene rings is 1. The molecule has 1 aromatic carbocycles. The Balaban J connectivity index is 2.22. The second-order valence-corrected chi connectivity index (χ2v) is 4.32. The van der Waals surface area contributed by atoms with E-state index in [0.717, 1.165) is 25.1 Å². The third-order valence-electron chi connectivity index (χ3n) is 2.81. The fourth-order valence-electron chi connectivity index (χ4n) is 2.04. The fourth-order valence-corrected chi connectivity index (χ4v) is 2.16. The minimum absolute atomic E-state index is 0.591. The first-order valence-corrected chi connectivity index (χ1v) is 5.78. The highest BCUT2D eigenvalue weighted by atomic mass is 32.1. The predicted octanol–water partition coefficient (Wildman–Crippen LogP) is 3.09.